The van der Waals surface area contributed by atoms with Gasteiger partial charge in [-0.25, -0.2) is 14.4 Å². The number of hydrogen-bond acceptors (Lipinski definition) is 2. The zero-order valence-electron chi connectivity index (χ0n) is 8.19. The first-order chi connectivity index (χ1) is 6.00. The number of nitrogens with zero attached hydrogens (tertiary/aromatic N) is 2. The summed E-state index contributed by atoms with van der Waals surface area (Å²) < 4.78 is 13.9. The predicted octanol–water partition coefficient (Wildman–Crippen LogP) is 2.22. The molecule has 0 spiro atoms. The first-order valence-electron chi connectivity index (χ1n) is 4.54. The lowest BCUT2D eigenvalue weighted by molar-refractivity contribution is 0.192. The Morgan fingerprint density at radius 3 is 2.69 bits per heavy atom. The highest BCUT2D eigenvalue weighted by molar-refractivity contribution is 5.35. The van der Waals surface area contributed by atoms with Crippen LogP contribution in [0, 0.1) is 13.8 Å². The first-order valence-corrected chi connectivity index (χ1v) is 4.54. The van der Waals surface area contributed by atoms with Crippen LogP contribution in [0.4, 0.5) is 4.39 Å². The fraction of sp³-hybridized carbons (Fsp3) is 0.600. The van der Waals surface area contributed by atoms with Gasteiger partial charge in [0.25, 0.3) is 0 Å². The van der Waals surface area contributed by atoms with Crippen molar-refractivity contribution in [2.24, 2.45) is 0 Å². The van der Waals surface area contributed by atoms with Crippen LogP contribution in [0.25, 0.3) is 0 Å². The lowest BCUT2D eigenvalue weighted by Gasteiger charge is -2.15. The maximum absolute atomic E-state index is 13.9. The highest BCUT2D eigenvalue weighted by Crippen LogP contribution is 2.40. The summed E-state index contributed by atoms with van der Waals surface area (Å²) in [5, 5.41) is 0. The predicted molar refractivity (Wildman–Crippen MR) is 48.3 cm³/mol. The third-order valence-corrected chi connectivity index (χ3v) is 2.63. The van der Waals surface area contributed by atoms with Gasteiger partial charge in [-0.1, -0.05) is 0 Å². The minimum atomic E-state index is -1.22. The average Bonchev–Trinajstić information content (AvgIpc) is 2.26. The molecule has 70 valence electrons. The van der Waals surface area contributed by atoms with E-state index in [-0.39, 0.29) is 0 Å². The van der Waals surface area contributed by atoms with Crippen molar-refractivity contribution in [2.45, 2.75) is 39.3 Å². The molecule has 0 fully saturated rings. The maximum Gasteiger partial charge on any atom is 0.137 e. The van der Waals surface area contributed by atoms with E-state index >= 15 is 0 Å². The van der Waals surface area contributed by atoms with Gasteiger partial charge in [-0.3, -0.25) is 0 Å². The van der Waals surface area contributed by atoms with Crippen LogP contribution in [-0.4, -0.2) is 9.97 Å². The molecule has 1 aliphatic carbocycles. The molecule has 0 radical (unpaired) electrons. The molecule has 0 aromatic carbocycles. The highest BCUT2D eigenvalue weighted by Gasteiger charge is 2.37. The molecule has 3 heteroatoms. The van der Waals surface area contributed by atoms with Crippen LogP contribution >= 0.6 is 0 Å². The molecule has 1 heterocycles. The monoisotopic (exact) mass is 180 g/mol. The van der Waals surface area contributed by atoms with E-state index in [1.54, 1.807) is 6.92 Å². The zero-order chi connectivity index (χ0) is 9.64. The molecule has 2 nitrogen and oxygen atoms in total. The highest BCUT2D eigenvalue weighted by atomic mass is 19.1. The Balaban J connectivity index is 2.65. The second-order valence-electron chi connectivity index (χ2n) is 3.88. The van der Waals surface area contributed by atoms with E-state index in [1.165, 1.54) is 0 Å². The molecular formula is C10H13FN2. The van der Waals surface area contributed by atoms with E-state index in [1.807, 2.05) is 13.8 Å². The van der Waals surface area contributed by atoms with Crippen molar-refractivity contribution in [3.8, 4) is 0 Å². The van der Waals surface area contributed by atoms with E-state index in [4.69, 9.17) is 0 Å². The Morgan fingerprint density at radius 2 is 2.00 bits per heavy atom. The van der Waals surface area contributed by atoms with Crippen molar-refractivity contribution in [2.75, 3.05) is 0 Å². The Kier molecular flexibility index (Phi) is 1.65. The fourth-order valence-electron chi connectivity index (χ4n) is 2.12. The Bertz CT molecular complexity index is 358. The summed E-state index contributed by atoms with van der Waals surface area (Å²) in [5.74, 6) is 0.744. The van der Waals surface area contributed by atoms with Crippen molar-refractivity contribution in [1.82, 2.24) is 9.97 Å². The Morgan fingerprint density at radius 1 is 1.31 bits per heavy atom. The minimum absolute atomic E-state index is 0.543. The summed E-state index contributed by atoms with van der Waals surface area (Å²) in [4.78, 5) is 8.45. The van der Waals surface area contributed by atoms with E-state index in [0.29, 0.717) is 6.42 Å². The molecule has 0 saturated heterocycles. The molecule has 0 N–H and O–H groups in total. The van der Waals surface area contributed by atoms with Crippen LogP contribution in [0.1, 0.15) is 36.1 Å². The summed E-state index contributed by atoms with van der Waals surface area (Å²) in [5.41, 5.74) is 1.20. The van der Waals surface area contributed by atoms with Gasteiger partial charge in [0, 0.05) is 11.3 Å². The van der Waals surface area contributed by atoms with Gasteiger partial charge in [0.05, 0.1) is 5.69 Å². The average molecular weight is 180 g/mol. The van der Waals surface area contributed by atoms with Gasteiger partial charge in [-0.15, -0.1) is 0 Å². The van der Waals surface area contributed by atoms with Crippen LogP contribution in [-0.2, 0) is 12.1 Å². The molecule has 0 aliphatic heterocycles. The molecule has 1 unspecified atom stereocenters. The van der Waals surface area contributed by atoms with Crippen LogP contribution < -0.4 is 0 Å². The van der Waals surface area contributed by atoms with Crippen LogP contribution in [0.5, 0.6) is 0 Å². The van der Waals surface area contributed by atoms with Gasteiger partial charge < -0.3 is 0 Å². The van der Waals surface area contributed by atoms with Crippen LogP contribution in [0.15, 0.2) is 0 Å². The minimum Gasteiger partial charge on any atom is -0.239 e. The Labute approximate surface area is 77.2 Å². The van der Waals surface area contributed by atoms with E-state index in [0.717, 1.165) is 29.2 Å². The molecule has 0 amide bonds. The number of aromatic nitrogens is 2. The van der Waals surface area contributed by atoms with Gasteiger partial charge in [0.2, 0.25) is 0 Å². The quantitative estimate of drug-likeness (QED) is 0.611. The van der Waals surface area contributed by atoms with Gasteiger partial charge in [0.15, 0.2) is 0 Å². The number of halogens is 1. The second-order valence-corrected chi connectivity index (χ2v) is 3.88. The summed E-state index contributed by atoms with van der Waals surface area (Å²) in [6.45, 7) is 5.32. The Hall–Kier alpha value is -0.990. The normalized spacial score (nSPS) is 26.2. The molecule has 2 rings (SSSR count). The summed E-state index contributed by atoms with van der Waals surface area (Å²) >= 11 is 0. The van der Waals surface area contributed by atoms with Crippen molar-refractivity contribution in [1.29, 1.82) is 0 Å². The molecule has 13 heavy (non-hydrogen) atoms. The van der Waals surface area contributed by atoms with Crippen molar-refractivity contribution in [3.63, 3.8) is 0 Å². The molecule has 1 aliphatic rings. The van der Waals surface area contributed by atoms with Gasteiger partial charge in [0.1, 0.15) is 11.5 Å². The van der Waals surface area contributed by atoms with Crippen molar-refractivity contribution >= 4 is 0 Å². The van der Waals surface area contributed by atoms with Crippen molar-refractivity contribution < 1.29 is 4.39 Å². The van der Waals surface area contributed by atoms with Crippen molar-refractivity contribution in [3.05, 3.63) is 22.8 Å². The zero-order valence-corrected chi connectivity index (χ0v) is 8.19. The standard InChI is InChI=1S/C10H13FN2/c1-6-9-8(13-7(2)12-6)4-5-10(9,3)11/h4-5H2,1-3H3. The molecule has 0 bridgehead atoms. The molecule has 0 saturated carbocycles. The third-order valence-electron chi connectivity index (χ3n) is 2.63. The lowest BCUT2D eigenvalue weighted by atomic mass is 10.0. The molecule has 1 aromatic rings. The largest absolute Gasteiger partial charge is 0.239 e. The van der Waals surface area contributed by atoms with E-state index in [9.17, 15) is 4.39 Å². The second kappa shape index (κ2) is 2.50. The molecule has 1 aromatic heterocycles. The maximum atomic E-state index is 13.9. The number of aryl methyl sites for hydroxylation is 3. The smallest absolute Gasteiger partial charge is 0.137 e. The van der Waals surface area contributed by atoms with Gasteiger partial charge in [-0.05, 0) is 33.6 Å². The number of rotatable bonds is 0. The van der Waals surface area contributed by atoms with E-state index in [2.05, 4.69) is 9.97 Å². The molecule has 1 atom stereocenters. The van der Waals surface area contributed by atoms with Crippen LogP contribution in [0.3, 0.4) is 0 Å². The topological polar surface area (TPSA) is 25.8 Å². The third kappa shape index (κ3) is 1.23. The number of alkyl halides is 1. The number of fused-ring (bicyclic) bond motifs is 1. The van der Waals surface area contributed by atoms with E-state index < -0.39 is 5.67 Å². The molecular weight excluding hydrogens is 167 g/mol. The van der Waals surface area contributed by atoms with Crippen LogP contribution in [0.2, 0.25) is 0 Å². The summed E-state index contributed by atoms with van der Waals surface area (Å²) in [6, 6.07) is 0. The summed E-state index contributed by atoms with van der Waals surface area (Å²) in [6.07, 6.45) is 1.29. The fourth-order valence-corrected chi connectivity index (χ4v) is 2.12. The summed E-state index contributed by atoms with van der Waals surface area (Å²) in [7, 11) is 0. The van der Waals surface area contributed by atoms with Gasteiger partial charge in [-0.2, -0.15) is 0 Å². The number of hydrogen-bond donors (Lipinski definition) is 0. The lowest BCUT2D eigenvalue weighted by Crippen LogP contribution is -2.13. The first kappa shape index (κ1) is 8.60. The van der Waals surface area contributed by atoms with Gasteiger partial charge >= 0.3 is 0 Å². The SMILES string of the molecule is Cc1nc(C)c2c(n1)CCC2(C)F.